The van der Waals surface area contributed by atoms with Crippen LogP contribution in [0.4, 0.5) is 0 Å². The Morgan fingerprint density at radius 2 is 1.90 bits per heavy atom. The second-order valence-electron chi connectivity index (χ2n) is 7.91. The van der Waals surface area contributed by atoms with Crippen LogP contribution in [0.3, 0.4) is 0 Å². The summed E-state index contributed by atoms with van der Waals surface area (Å²) in [5, 5.41) is 10.1. The van der Waals surface area contributed by atoms with Crippen molar-refractivity contribution in [1.82, 2.24) is 25.3 Å². The number of amides is 3. The van der Waals surface area contributed by atoms with E-state index in [0.29, 0.717) is 30.8 Å². The smallest absolute Gasteiger partial charge is 0.274 e. The minimum atomic E-state index is -0.290. The molecule has 0 bridgehead atoms. The number of nitrogens with one attached hydrogen (secondary N) is 2. The van der Waals surface area contributed by atoms with E-state index in [1.807, 2.05) is 23.1 Å². The highest BCUT2D eigenvalue weighted by molar-refractivity contribution is 5.99. The first-order valence-electron chi connectivity index (χ1n) is 10.1. The summed E-state index contributed by atoms with van der Waals surface area (Å²) in [6.45, 7) is 2.55. The fourth-order valence-corrected chi connectivity index (χ4v) is 4.56. The SMILES string of the molecule is O=C1NC(CC(=O)N2CCc3c(C(=O)N4CCCC4)n[nH]c3C2)c2ccccc21. The predicted octanol–water partition coefficient (Wildman–Crippen LogP) is 1.41. The maximum absolute atomic E-state index is 12.9. The van der Waals surface area contributed by atoms with Crippen molar-refractivity contribution in [2.75, 3.05) is 19.6 Å². The van der Waals surface area contributed by atoms with E-state index in [-0.39, 0.29) is 30.2 Å². The molecule has 0 aliphatic carbocycles. The summed E-state index contributed by atoms with van der Waals surface area (Å²) in [5.41, 5.74) is 3.80. The first-order valence-corrected chi connectivity index (χ1v) is 10.1. The second-order valence-corrected chi connectivity index (χ2v) is 7.91. The molecule has 1 aromatic heterocycles. The Hall–Kier alpha value is -3.16. The van der Waals surface area contributed by atoms with Crippen molar-refractivity contribution in [2.45, 2.75) is 38.3 Å². The lowest BCUT2D eigenvalue weighted by atomic mass is 10.00. The van der Waals surface area contributed by atoms with Crippen LogP contribution in [0.25, 0.3) is 0 Å². The molecule has 3 aliphatic rings. The molecule has 0 saturated carbocycles. The number of hydrogen-bond donors (Lipinski definition) is 2. The van der Waals surface area contributed by atoms with Crippen molar-refractivity contribution in [1.29, 1.82) is 0 Å². The Labute approximate surface area is 168 Å². The number of rotatable bonds is 3. The molecule has 3 amide bonds. The molecule has 8 nitrogen and oxygen atoms in total. The molecular weight excluding hydrogens is 370 g/mol. The number of fused-ring (bicyclic) bond motifs is 2. The number of benzene rings is 1. The van der Waals surface area contributed by atoms with Crippen LogP contribution >= 0.6 is 0 Å². The van der Waals surface area contributed by atoms with E-state index < -0.39 is 0 Å². The number of H-pyrrole nitrogens is 1. The van der Waals surface area contributed by atoms with Crippen molar-refractivity contribution < 1.29 is 14.4 Å². The lowest BCUT2D eigenvalue weighted by molar-refractivity contribution is -0.132. The Morgan fingerprint density at radius 3 is 2.72 bits per heavy atom. The van der Waals surface area contributed by atoms with Gasteiger partial charge in [0, 0.05) is 30.8 Å². The lowest BCUT2D eigenvalue weighted by Crippen LogP contribution is -2.38. The molecule has 2 N–H and O–H groups in total. The van der Waals surface area contributed by atoms with Gasteiger partial charge in [0.15, 0.2) is 5.69 Å². The van der Waals surface area contributed by atoms with Crippen LogP contribution in [-0.4, -0.2) is 57.4 Å². The van der Waals surface area contributed by atoms with E-state index in [4.69, 9.17) is 0 Å². The van der Waals surface area contributed by atoms with Crippen molar-refractivity contribution in [3.05, 3.63) is 52.3 Å². The van der Waals surface area contributed by atoms with Crippen molar-refractivity contribution in [3.8, 4) is 0 Å². The molecule has 1 fully saturated rings. The van der Waals surface area contributed by atoms with Crippen molar-refractivity contribution in [3.63, 3.8) is 0 Å². The zero-order valence-corrected chi connectivity index (χ0v) is 16.1. The molecule has 5 rings (SSSR count). The van der Waals surface area contributed by atoms with Gasteiger partial charge in [-0.25, -0.2) is 0 Å². The van der Waals surface area contributed by atoms with Crippen LogP contribution in [0, 0.1) is 0 Å². The Morgan fingerprint density at radius 1 is 1.10 bits per heavy atom. The quantitative estimate of drug-likeness (QED) is 0.824. The average Bonchev–Trinajstić information content (AvgIpc) is 3.47. The van der Waals surface area contributed by atoms with Gasteiger partial charge in [-0.15, -0.1) is 0 Å². The molecular formula is C21H23N5O3. The third kappa shape index (κ3) is 3.08. The zero-order valence-electron chi connectivity index (χ0n) is 16.1. The first kappa shape index (κ1) is 17.9. The molecule has 0 spiro atoms. The van der Waals surface area contributed by atoms with Gasteiger partial charge in [0.25, 0.3) is 11.8 Å². The highest BCUT2D eigenvalue weighted by Crippen LogP contribution is 2.29. The van der Waals surface area contributed by atoms with Gasteiger partial charge in [-0.05, 0) is 30.9 Å². The average molecular weight is 393 g/mol. The minimum Gasteiger partial charge on any atom is -0.345 e. The normalized spacial score (nSPS) is 20.4. The van der Waals surface area contributed by atoms with Gasteiger partial charge in [-0.2, -0.15) is 5.10 Å². The van der Waals surface area contributed by atoms with E-state index in [0.717, 1.165) is 42.8 Å². The molecule has 1 unspecified atom stereocenters. The molecule has 3 aliphatic heterocycles. The topological polar surface area (TPSA) is 98.4 Å². The third-order valence-corrected chi connectivity index (χ3v) is 6.15. The first-order chi connectivity index (χ1) is 14.1. The van der Waals surface area contributed by atoms with Gasteiger partial charge in [-0.3, -0.25) is 19.5 Å². The number of aromatic amines is 1. The van der Waals surface area contributed by atoms with Crippen LogP contribution in [-0.2, 0) is 17.8 Å². The molecule has 8 heteroatoms. The van der Waals surface area contributed by atoms with Gasteiger partial charge in [0.1, 0.15) is 0 Å². The van der Waals surface area contributed by atoms with Gasteiger partial charge in [0.2, 0.25) is 5.91 Å². The van der Waals surface area contributed by atoms with Crippen LogP contribution in [0.5, 0.6) is 0 Å². The van der Waals surface area contributed by atoms with Crippen LogP contribution in [0.15, 0.2) is 24.3 Å². The largest absolute Gasteiger partial charge is 0.345 e. The van der Waals surface area contributed by atoms with Gasteiger partial charge < -0.3 is 15.1 Å². The highest BCUT2D eigenvalue weighted by Gasteiger charge is 2.33. The number of hydrogen-bond acceptors (Lipinski definition) is 4. The predicted molar refractivity (Wildman–Crippen MR) is 104 cm³/mol. The van der Waals surface area contributed by atoms with Crippen molar-refractivity contribution >= 4 is 17.7 Å². The molecule has 1 atom stereocenters. The number of nitrogens with zero attached hydrogens (tertiary/aromatic N) is 3. The van der Waals surface area contributed by atoms with Gasteiger partial charge in [-0.1, -0.05) is 18.2 Å². The Kier molecular flexibility index (Phi) is 4.34. The molecule has 29 heavy (non-hydrogen) atoms. The van der Waals surface area contributed by atoms with Crippen LogP contribution < -0.4 is 5.32 Å². The monoisotopic (exact) mass is 393 g/mol. The fraction of sp³-hybridized carbons (Fsp3) is 0.429. The molecule has 1 saturated heterocycles. The van der Waals surface area contributed by atoms with E-state index in [2.05, 4.69) is 15.5 Å². The van der Waals surface area contributed by atoms with E-state index >= 15 is 0 Å². The van der Waals surface area contributed by atoms with Crippen LogP contribution in [0.2, 0.25) is 0 Å². The molecule has 1 aromatic carbocycles. The molecule has 150 valence electrons. The Bertz CT molecular complexity index is 992. The second kappa shape index (κ2) is 7.02. The number of carbonyl (C=O) groups excluding carboxylic acids is 3. The summed E-state index contributed by atoms with van der Waals surface area (Å²) in [7, 11) is 0. The number of likely N-dealkylation sites (tertiary alicyclic amines) is 1. The summed E-state index contributed by atoms with van der Waals surface area (Å²) in [4.78, 5) is 41.3. The maximum Gasteiger partial charge on any atom is 0.274 e. The summed E-state index contributed by atoms with van der Waals surface area (Å²) in [6.07, 6.45) is 2.93. The Balaban J connectivity index is 1.27. The minimum absolute atomic E-state index is 0.00921. The molecule has 4 heterocycles. The maximum atomic E-state index is 12.9. The van der Waals surface area contributed by atoms with Gasteiger partial charge >= 0.3 is 0 Å². The standard InChI is InChI=1S/C21H23N5O3/c27-18(11-16-13-5-1-2-6-14(13)20(28)22-16)26-10-7-15-17(12-26)23-24-19(15)21(29)25-8-3-4-9-25/h1-2,5-6,16H,3-4,7-12H2,(H,22,28)(H,23,24). The number of carbonyl (C=O) groups is 3. The van der Waals surface area contributed by atoms with Gasteiger partial charge in [0.05, 0.1) is 24.7 Å². The number of aromatic nitrogens is 2. The lowest BCUT2D eigenvalue weighted by Gasteiger charge is -2.28. The summed E-state index contributed by atoms with van der Waals surface area (Å²) >= 11 is 0. The zero-order chi connectivity index (χ0) is 20.0. The fourth-order valence-electron chi connectivity index (χ4n) is 4.56. The molecule has 2 aromatic rings. The van der Waals surface area contributed by atoms with E-state index in [1.54, 1.807) is 11.0 Å². The van der Waals surface area contributed by atoms with E-state index in [1.165, 1.54) is 0 Å². The summed E-state index contributed by atoms with van der Waals surface area (Å²) in [5.74, 6) is -0.150. The van der Waals surface area contributed by atoms with Crippen molar-refractivity contribution in [2.24, 2.45) is 0 Å². The molecule has 0 radical (unpaired) electrons. The summed E-state index contributed by atoms with van der Waals surface area (Å²) < 4.78 is 0. The van der Waals surface area contributed by atoms with E-state index in [9.17, 15) is 14.4 Å². The highest BCUT2D eigenvalue weighted by atomic mass is 16.2. The summed E-state index contributed by atoms with van der Waals surface area (Å²) in [6, 6.07) is 7.10. The van der Waals surface area contributed by atoms with Crippen LogP contribution in [0.1, 0.15) is 63.0 Å². The third-order valence-electron chi connectivity index (χ3n) is 6.15.